The van der Waals surface area contributed by atoms with Gasteiger partial charge in [-0.05, 0) is 102 Å². The number of halogens is 3. The number of nitrogens with zero attached hydrogens (tertiary/aromatic N) is 1. The lowest BCUT2D eigenvalue weighted by Crippen LogP contribution is -2.47. The van der Waals surface area contributed by atoms with Gasteiger partial charge in [0.1, 0.15) is 17.0 Å². The zero-order valence-electron chi connectivity index (χ0n) is 24.7. The summed E-state index contributed by atoms with van der Waals surface area (Å²) in [5.41, 5.74) is 2.33. The molecule has 0 radical (unpaired) electrons. The summed E-state index contributed by atoms with van der Waals surface area (Å²) in [6.07, 6.45) is -1.16. The van der Waals surface area contributed by atoms with E-state index in [2.05, 4.69) is 25.9 Å². The van der Waals surface area contributed by atoms with Crippen molar-refractivity contribution in [1.82, 2.24) is 15.6 Å². The van der Waals surface area contributed by atoms with E-state index < -0.39 is 29.2 Å². The van der Waals surface area contributed by atoms with Crippen molar-refractivity contribution < 1.29 is 23.5 Å². The highest BCUT2D eigenvalue weighted by Gasteiger charge is 2.21. The maximum atomic E-state index is 14.1. The van der Waals surface area contributed by atoms with Crippen LogP contribution in [0, 0.1) is 5.82 Å². The van der Waals surface area contributed by atoms with Crippen molar-refractivity contribution in [1.29, 1.82) is 0 Å². The van der Waals surface area contributed by atoms with Gasteiger partial charge in [-0.2, -0.15) is 0 Å². The third-order valence-corrected chi connectivity index (χ3v) is 6.39. The first-order valence-corrected chi connectivity index (χ1v) is 14.3. The van der Waals surface area contributed by atoms with Gasteiger partial charge in [0.15, 0.2) is 0 Å². The Morgan fingerprint density at radius 3 is 2.12 bits per heavy atom. The molecule has 0 atom stereocenters. The minimum Gasteiger partial charge on any atom is -0.444 e. The number of guanidine groups is 1. The molecular weight excluding hydrogens is 596 g/mol. The van der Waals surface area contributed by atoms with Gasteiger partial charge in [-0.25, -0.2) is 14.0 Å². The minimum absolute atomic E-state index is 0.0293. The third kappa shape index (κ3) is 8.98. The number of fused-ring (bicyclic) bond motifs is 3. The van der Waals surface area contributed by atoms with Crippen LogP contribution in [0.5, 0.6) is 0 Å². The Hall–Kier alpha value is -4.02. The number of nitrogens with one attached hydrogen (secondary N) is 4. The number of rotatable bonds is 5. The molecule has 12 heteroatoms. The van der Waals surface area contributed by atoms with Gasteiger partial charge in [0.25, 0.3) is 0 Å². The molecule has 3 aromatic carbocycles. The van der Waals surface area contributed by atoms with E-state index in [1.54, 1.807) is 53.7 Å². The summed E-state index contributed by atoms with van der Waals surface area (Å²) >= 11 is 12.2. The van der Waals surface area contributed by atoms with Crippen LogP contribution in [0.1, 0.15) is 47.1 Å². The van der Waals surface area contributed by atoms with Gasteiger partial charge in [0.2, 0.25) is 5.96 Å². The van der Waals surface area contributed by atoms with Gasteiger partial charge in [-0.1, -0.05) is 23.2 Å². The minimum atomic E-state index is -0.779. The molecule has 0 aliphatic carbocycles. The SMILES string of the molecule is CC(C)(C)OC(=O)NC(=NCCc1cc(Nc2ccc(Cl)c(F)c2)cc2c1[nH]c1ccc(Cl)cc12)NC(=O)OC(C)(C)C. The number of aromatic amines is 1. The predicted molar refractivity (Wildman–Crippen MR) is 170 cm³/mol. The van der Waals surface area contributed by atoms with Crippen molar-refractivity contribution in [2.45, 2.75) is 59.2 Å². The van der Waals surface area contributed by atoms with E-state index in [0.717, 1.165) is 27.4 Å². The summed E-state index contributed by atoms with van der Waals surface area (Å²) in [6.45, 7) is 10.5. The van der Waals surface area contributed by atoms with Crippen LogP contribution in [0.25, 0.3) is 21.8 Å². The van der Waals surface area contributed by atoms with Gasteiger partial charge < -0.3 is 19.8 Å². The second-order valence-electron chi connectivity index (χ2n) is 11.9. The van der Waals surface area contributed by atoms with Crippen molar-refractivity contribution in [2.24, 2.45) is 4.99 Å². The average Bonchev–Trinajstić information content (AvgIpc) is 3.22. The average molecular weight is 631 g/mol. The second kappa shape index (κ2) is 12.7. The van der Waals surface area contributed by atoms with Gasteiger partial charge in [0.05, 0.1) is 5.02 Å². The fourth-order valence-electron chi connectivity index (χ4n) is 4.25. The number of ether oxygens (including phenoxy) is 2. The Kier molecular flexibility index (Phi) is 9.41. The van der Waals surface area contributed by atoms with E-state index in [1.807, 2.05) is 24.3 Å². The van der Waals surface area contributed by atoms with E-state index >= 15 is 0 Å². The molecule has 0 bridgehead atoms. The number of hydrogen-bond acceptors (Lipinski definition) is 6. The molecule has 9 nitrogen and oxygen atoms in total. The van der Waals surface area contributed by atoms with Crippen LogP contribution >= 0.6 is 23.2 Å². The Balaban J connectivity index is 1.66. The molecule has 43 heavy (non-hydrogen) atoms. The standard InChI is InChI=1S/C31H34Cl2FN5O4/c1-30(2,3)42-28(40)38-27(39-29(41)43-31(4,5)6)35-12-11-17-13-20(36-19-8-9-23(33)24(34)16-19)15-22-21-14-18(32)7-10-25(21)37-26(17)22/h7-10,13-16,36-37H,11-12H2,1-6H3,(H2,35,38,39,40,41). The molecule has 0 fully saturated rings. The number of aromatic nitrogens is 1. The van der Waals surface area contributed by atoms with Gasteiger partial charge in [0, 0.05) is 44.7 Å². The Morgan fingerprint density at radius 2 is 1.51 bits per heavy atom. The van der Waals surface area contributed by atoms with Crippen molar-refractivity contribution in [3.8, 4) is 0 Å². The molecule has 0 aliphatic heterocycles. The lowest BCUT2D eigenvalue weighted by molar-refractivity contribution is 0.0545. The maximum absolute atomic E-state index is 14.1. The first kappa shape index (κ1) is 31.9. The number of amides is 2. The predicted octanol–water partition coefficient (Wildman–Crippen LogP) is 8.46. The van der Waals surface area contributed by atoms with Crippen LogP contribution in [0.15, 0.2) is 53.5 Å². The number of carbonyl (C=O) groups is 2. The summed E-state index contributed by atoms with van der Waals surface area (Å²) in [5.74, 6) is -0.655. The van der Waals surface area contributed by atoms with E-state index in [9.17, 15) is 14.0 Å². The topological polar surface area (TPSA) is 117 Å². The number of H-pyrrole nitrogens is 1. The molecule has 1 aromatic heterocycles. The first-order valence-electron chi connectivity index (χ1n) is 13.6. The van der Waals surface area contributed by atoms with Crippen molar-refractivity contribution in [2.75, 3.05) is 11.9 Å². The highest BCUT2D eigenvalue weighted by atomic mass is 35.5. The molecule has 2 amide bonds. The van der Waals surface area contributed by atoms with Crippen LogP contribution in [0.4, 0.5) is 25.4 Å². The van der Waals surface area contributed by atoms with E-state index in [4.69, 9.17) is 32.7 Å². The normalized spacial score (nSPS) is 11.7. The smallest absolute Gasteiger partial charge is 0.414 e. The highest BCUT2D eigenvalue weighted by Crippen LogP contribution is 2.34. The molecule has 1 heterocycles. The zero-order valence-corrected chi connectivity index (χ0v) is 26.3. The van der Waals surface area contributed by atoms with Gasteiger partial charge in [-0.15, -0.1) is 0 Å². The molecule has 228 valence electrons. The second-order valence-corrected chi connectivity index (χ2v) is 12.7. The van der Waals surface area contributed by atoms with Gasteiger partial charge in [-0.3, -0.25) is 15.6 Å². The van der Waals surface area contributed by atoms with Crippen LogP contribution < -0.4 is 16.0 Å². The van der Waals surface area contributed by atoms with Crippen molar-refractivity contribution >= 4 is 74.5 Å². The Labute approximate surface area is 259 Å². The van der Waals surface area contributed by atoms with Crippen molar-refractivity contribution in [3.63, 3.8) is 0 Å². The summed E-state index contributed by atoms with van der Waals surface area (Å²) in [5, 5.41) is 10.7. The monoisotopic (exact) mass is 629 g/mol. The number of aliphatic imine (C=N–C) groups is 1. The number of anilines is 2. The fraction of sp³-hybridized carbons (Fsp3) is 0.323. The fourth-order valence-corrected chi connectivity index (χ4v) is 4.54. The van der Waals surface area contributed by atoms with Crippen LogP contribution in [-0.2, 0) is 15.9 Å². The molecule has 4 N–H and O–H groups in total. The van der Waals surface area contributed by atoms with E-state index in [1.165, 1.54) is 12.1 Å². The third-order valence-electron chi connectivity index (χ3n) is 5.85. The molecule has 0 spiro atoms. The van der Waals surface area contributed by atoms with Crippen LogP contribution in [0.3, 0.4) is 0 Å². The largest absolute Gasteiger partial charge is 0.444 e. The molecule has 4 aromatic rings. The molecule has 0 saturated heterocycles. The van der Waals surface area contributed by atoms with Crippen molar-refractivity contribution in [3.05, 3.63) is 70.0 Å². The molecule has 0 unspecified atom stereocenters. The Bertz CT molecular complexity index is 1670. The van der Waals surface area contributed by atoms with Gasteiger partial charge >= 0.3 is 12.2 Å². The van der Waals surface area contributed by atoms with Crippen LogP contribution in [0.2, 0.25) is 10.0 Å². The number of alkyl carbamates (subject to hydrolysis) is 2. The molecule has 0 aliphatic rings. The summed E-state index contributed by atoms with van der Waals surface area (Å²) in [6, 6.07) is 13.9. The van der Waals surface area contributed by atoms with E-state index in [0.29, 0.717) is 22.8 Å². The lowest BCUT2D eigenvalue weighted by atomic mass is 10.0. The summed E-state index contributed by atoms with van der Waals surface area (Å²) < 4.78 is 24.8. The van der Waals surface area contributed by atoms with E-state index in [-0.39, 0.29) is 17.5 Å². The molecule has 4 rings (SSSR count). The molecule has 0 saturated carbocycles. The number of carbonyl (C=O) groups excluding carboxylic acids is 2. The Morgan fingerprint density at radius 1 is 0.860 bits per heavy atom. The quantitative estimate of drug-likeness (QED) is 0.130. The summed E-state index contributed by atoms with van der Waals surface area (Å²) in [7, 11) is 0. The number of benzene rings is 3. The maximum Gasteiger partial charge on any atom is 0.414 e. The summed E-state index contributed by atoms with van der Waals surface area (Å²) in [4.78, 5) is 32.8. The zero-order chi connectivity index (χ0) is 31.5. The number of hydrogen-bond donors (Lipinski definition) is 4. The highest BCUT2D eigenvalue weighted by molar-refractivity contribution is 6.32. The van der Waals surface area contributed by atoms with Crippen LogP contribution in [-0.4, -0.2) is 40.9 Å². The molecular formula is C31H34Cl2FN5O4. The lowest BCUT2D eigenvalue weighted by Gasteiger charge is -2.22. The first-order chi connectivity index (χ1) is 20.1.